The summed E-state index contributed by atoms with van der Waals surface area (Å²) in [6.07, 6.45) is -0.362. The highest BCUT2D eigenvalue weighted by molar-refractivity contribution is 4.87. The first-order valence-electron chi connectivity index (χ1n) is 6.58. The summed E-state index contributed by atoms with van der Waals surface area (Å²) in [5.41, 5.74) is 0. The van der Waals surface area contributed by atoms with Crippen LogP contribution in [0, 0.1) is 11.8 Å². The predicted molar refractivity (Wildman–Crippen MR) is 60.8 cm³/mol. The number of rotatable bonds is 1. The lowest BCUT2D eigenvalue weighted by Crippen LogP contribution is -2.46. The average molecular weight is 250 g/mol. The second kappa shape index (κ2) is 5.57. The topological polar surface area (TPSA) is 24.1 Å². The van der Waals surface area contributed by atoms with Gasteiger partial charge in [0.05, 0.1) is 5.92 Å². The minimum atomic E-state index is -4.01. The van der Waals surface area contributed by atoms with Gasteiger partial charge in [-0.1, -0.05) is 0 Å². The second-order valence-electron chi connectivity index (χ2n) is 5.26. The Balaban J connectivity index is 1.91. The molecule has 0 aromatic carbocycles. The Labute approximate surface area is 100 Å². The summed E-state index contributed by atoms with van der Waals surface area (Å²) in [5.74, 6) is -0.680. The van der Waals surface area contributed by atoms with Gasteiger partial charge in [0.15, 0.2) is 0 Å². The quantitative estimate of drug-likeness (QED) is 0.746. The first-order chi connectivity index (χ1) is 8.07. The molecule has 3 atom stereocenters. The number of nitrogens with one attached hydrogen (secondary N) is 2. The second-order valence-corrected chi connectivity index (χ2v) is 5.26. The Hall–Kier alpha value is -0.290. The summed E-state index contributed by atoms with van der Waals surface area (Å²) in [7, 11) is 0. The number of piperidine rings is 1. The van der Waals surface area contributed by atoms with Crippen molar-refractivity contribution >= 4 is 0 Å². The first kappa shape index (κ1) is 13.1. The summed E-state index contributed by atoms with van der Waals surface area (Å²) < 4.78 is 38.2. The minimum Gasteiger partial charge on any atom is -0.317 e. The van der Waals surface area contributed by atoms with Crippen molar-refractivity contribution in [1.82, 2.24) is 10.6 Å². The molecule has 2 heterocycles. The lowest BCUT2D eigenvalue weighted by Gasteiger charge is -2.36. The Morgan fingerprint density at radius 1 is 0.941 bits per heavy atom. The molecule has 2 aliphatic heterocycles. The molecule has 0 spiro atoms. The number of alkyl halides is 3. The van der Waals surface area contributed by atoms with Gasteiger partial charge in [-0.2, -0.15) is 13.2 Å². The van der Waals surface area contributed by atoms with E-state index in [0.717, 1.165) is 32.4 Å². The van der Waals surface area contributed by atoms with Crippen LogP contribution in [0.15, 0.2) is 0 Å². The van der Waals surface area contributed by atoms with Gasteiger partial charge in [0.1, 0.15) is 0 Å². The van der Waals surface area contributed by atoms with Gasteiger partial charge < -0.3 is 10.6 Å². The molecule has 0 aromatic rings. The van der Waals surface area contributed by atoms with Crippen LogP contribution in [0.4, 0.5) is 13.2 Å². The Morgan fingerprint density at radius 2 is 1.76 bits per heavy atom. The van der Waals surface area contributed by atoms with Gasteiger partial charge >= 0.3 is 6.18 Å². The predicted octanol–water partition coefficient (Wildman–Crippen LogP) is 2.31. The van der Waals surface area contributed by atoms with Gasteiger partial charge in [0.2, 0.25) is 0 Å². The molecule has 2 aliphatic rings. The molecule has 0 aromatic heterocycles. The SMILES string of the molecule is FC(F)(F)C1CCNC(C2CCCNCC2)C1. The van der Waals surface area contributed by atoms with Crippen LogP contribution in [0.2, 0.25) is 0 Å². The van der Waals surface area contributed by atoms with E-state index in [-0.39, 0.29) is 18.9 Å². The summed E-state index contributed by atoms with van der Waals surface area (Å²) in [6, 6.07) is 0.0651. The molecule has 2 saturated heterocycles. The molecule has 0 saturated carbocycles. The van der Waals surface area contributed by atoms with Crippen molar-refractivity contribution in [2.45, 2.75) is 44.3 Å². The van der Waals surface area contributed by atoms with E-state index in [1.165, 1.54) is 0 Å². The van der Waals surface area contributed by atoms with E-state index in [4.69, 9.17) is 0 Å². The summed E-state index contributed by atoms with van der Waals surface area (Å²) in [6.45, 7) is 2.46. The lowest BCUT2D eigenvalue weighted by atomic mass is 9.82. The minimum absolute atomic E-state index is 0.0651. The van der Waals surface area contributed by atoms with E-state index in [1.54, 1.807) is 0 Å². The Bertz CT molecular complexity index is 234. The van der Waals surface area contributed by atoms with E-state index in [1.807, 2.05) is 0 Å². The third-order valence-electron chi connectivity index (χ3n) is 4.09. The van der Waals surface area contributed by atoms with Crippen LogP contribution in [-0.4, -0.2) is 31.9 Å². The van der Waals surface area contributed by atoms with Gasteiger partial charge in [0, 0.05) is 6.04 Å². The van der Waals surface area contributed by atoms with Crippen LogP contribution in [0.25, 0.3) is 0 Å². The third kappa shape index (κ3) is 3.58. The summed E-state index contributed by atoms with van der Waals surface area (Å²) in [4.78, 5) is 0. The first-order valence-corrected chi connectivity index (χ1v) is 6.58. The van der Waals surface area contributed by atoms with E-state index < -0.39 is 12.1 Å². The van der Waals surface area contributed by atoms with E-state index in [9.17, 15) is 13.2 Å². The maximum atomic E-state index is 12.7. The summed E-state index contributed by atoms with van der Waals surface area (Å²) >= 11 is 0. The highest BCUT2D eigenvalue weighted by Crippen LogP contribution is 2.36. The van der Waals surface area contributed by atoms with Crippen LogP contribution >= 0.6 is 0 Å². The van der Waals surface area contributed by atoms with E-state index >= 15 is 0 Å². The fraction of sp³-hybridized carbons (Fsp3) is 1.00. The molecular weight excluding hydrogens is 229 g/mol. The number of hydrogen-bond donors (Lipinski definition) is 2. The zero-order valence-corrected chi connectivity index (χ0v) is 10.0. The molecular formula is C12H21F3N2. The van der Waals surface area contributed by atoms with Crippen molar-refractivity contribution in [2.75, 3.05) is 19.6 Å². The van der Waals surface area contributed by atoms with Gasteiger partial charge in [-0.05, 0) is 57.7 Å². The fourth-order valence-corrected chi connectivity index (χ4v) is 3.06. The Morgan fingerprint density at radius 3 is 2.53 bits per heavy atom. The summed E-state index contributed by atoms with van der Waals surface area (Å²) in [5, 5.41) is 6.60. The molecule has 5 heteroatoms. The third-order valence-corrected chi connectivity index (χ3v) is 4.09. The molecule has 3 unspecified atom stereocenters. The smallest absolute Gasteiger partial charge is 0.317 e. The largest absolute Gasteiger partial charge is 0.391 e. The highest BCUT2D eigenvalue weighted by atomic mass is 19.4. The molecule has 2 rings (SSSR count). The van der Waals surface area contributed by atoms with Crippen molar-refractivity contribution in [2.24, 2.45) is 11.8 Å². The molecule has 0 amide bonds. The monoisotopic (exact) mass is 250 g/mol. The molecule has 100 valence electrons. The molecule has 2 fully saturated rings. The molecule has 0 aliphatic carbocycles. The van der Waals surface area contributed by atoms with Crippen LogP contribution in [0.3, 0.4) is 0 Å². The van der Waals surface area contributed by atoms with Crippen molar-refractivity contribution in [1.29, 1.82) is 0 Å². The maximum absolute atomic E-state index is 12.7. The molecule has 2 N–H and O–H groups in total. The maximum Gasteiger partial charge on any atom is 0.391 e. The van der Waals surface area contributed by atoms with E-state index in [2.05, 4.69) is 10.6 Å². The number of halogens is 3. The van der Waals surface area contributed by atoms with Gasteiger partial charge in [-0.15, -0.1) is 0 Å². The van der Waals surface area contributed by atoms with Gasteiger partial charge in [-0.25, -0.2) is 0 Å². The fourth-order valence-electron chi connectivity index (χ4n) is 3.06. The van der Waals surface area contributed by atoms with Crippen LogP contribution in [-0.2, 0) is 0 Å². The molecule has 0 bridgehead atoms. The zero-order chi connectivity index (χ0) is 12.3. The normalized spacial score (nSPS) is 36.5. The molecule has 17 heavy (non-hydrogen) atoms. The highest BCUT2D eigenvalue weighted by Gasteiger charge is 2.43. The zero-order valence-electron chi connectivity index (χ0n) is 10.0. The molecule has 2 nitrogen and oxygen atoms in total. The van der Waals surface area contributed by atoms with Crippen LogP contribution < -0.4 is 10.6 Å². The van der Waals surface area contributed by atoms with Crippen molar-refractivity contribution in [3.63, 3.8) is 0 Å². The standard InChI is InChI=1S/C12H21F3N2/c13-12(14,15)10-4-7-17-11(8-10)9-2-1-5-16-6-3-9/h9-11,16-17H,1-8H2. The van der Waals surface area contributed by atoms with Crippen LogP contribution in [0.5, 0.6) is 0 Å². The average Bonchev–Trinajstić information content (AvgIpc) is 2.56. The van der Waals surface area contributed by atoms with Crippen molar-refractivity contribution in [3.8, 4) is 0 Å². The Kier molecular flexibility index (Phi) is 4.31. The van der Waals surface area contributed by atoms with E-state index in [0.29, 0.717) is 12.5 Å². The van der Waals surface area contributed by atoms with Crippen LogP contribution in [0.1, 0.15) is 32.1 Å². The lowest BCUT2D eigenvalue weighted by molar-refractivity contribution is -0.184. The van der Waals surface area contributed by atoms with Crippen molar-refractivity contribution < 1.29 is 13.2 Å². The van der Waals surface area contributed by atoms with Gasteiger partial charge in [0.25, 0.3) is 0 Å². The molecule has 0 radical (unpaired) electrons. The number of hydrogen-bond acceptors (Lipinski definition) is 2. The van der Waals surface area contributed by atoms with Crippen molar-refractivity contribution in [3.05, 3.63) is 0 Å². The van der Waals surface area contributed by atoms with Gasteiger partial charge in [-0.3, -0.25) is 0 Å².